The van der Waals surface area contributed by atoms with Crippen molar-refractivity contribution in [2.75, 3.05) is 13.1 Å². The molecule has 140 valence electrons. The molecular formula is C19H21N5O2S. The number of thiazole rings is 1. The molecule has 1 aromatic carbocycles. The van der Waals surface area contributed by atoms with Crippen LogP contribution in [-0.2, 0) is 7.05 Å². The van der Waals surface area contributed by atoms with Crippen molar-refractivity contribution in [3.8, 4) is 0 Å². The highest BCUT2D eigenvalue weighted by Crippen LogP contribution is 2.37. The number of carbonyl (C=O) groups is 1. The Morgan fingerprint density at radius 2 is 1.96 bits per heavy atom. The van der Waals surface area contributed by atoms with Gasteiger partial charge in [0.25, 0.3) is 5.91 Å². The largest absolute Gasteiger partial charge is 0.345 e. The smallest absolute Gasteiger partial charge is 0.339 e. The number of hydrogen-bond donors (Lipinski definition) is 0. The van der Waals surface area contributed by atoms with Crippen molar-refractivity contribution in [3.63, 3.8) is 0 Å². The molecule has 8 heteroatoms. The molecule has 3 heterocycles. The van der Waals surface area contributed by atoms with Gasteiger partial charge in [0.15, 0.2) is 0 Å². The third-order valence-electron chi connectivity index (χ3n) is 5.62. The summed E-state index contributed by atoms with van der Waals surface area (Å²) in [5.41, 5.74) is 3.45. The third kappa shape index (κ3) is 2.88. The SMILES string of the molecule is Cn1nc(C2CCN(C(=O)c3ccc4ncsc4c3)CC2)n(C2CC2)c1=O. The summed E-state index contributed by atoms with van der Waals surface area (Å²) in [6, 6.07) is 6.03. The van der Waals surface area contributed by atoms with Crippen molar-refractivity contribution < 1.29 is 4.79 Å². The Balaban J connectivity index is 1.32. The van der Waals surface area contributed by atoms with Gasteiger partial charge in [0.05, 0.1) is 15.7 Å². The normalized spacial score (nSPS) is 18.3. The zero-order valence-electron chi connectivity index (χ0n) is 15.2. The monoisotopic (exact) mass is 383 g/mol. The van der Waals surface area contributed by atoms with E-state index in [1.165, 1.54) is 4.68 Å². The van der Waals surface area contributed by atoms with Crippen LogP contribution in [0.15, 0.2) is 28.5 Å². The predicted octanol–water partition coefficient (Wildman–Crippen LogP) is 2.55. The molecule has 1 saturated heterocycles. The van der Waals surface area contributed by atoms with E-state index in [1.54, 1.807) is 23.9 Å². The molecule has 2 aliphatic rings. The van der Waals surface area contributed by atoms with E-state index in [-0.39, 0.29) is 17.5 Å². The number of rotatable bonds is 3. The molecule has 0 N–H and O–H groups in total. The van der Waals surface area contributed by atoms with Gasteiger partial charge >= 0.3 is 5.69 Å². The first-order chi connectivity index (χ1) is 13.1. The topological polar surface area (TPSA) is 73.0 Å². The Bertz CT molecular complexity index is 1070. The summed E-state index contributed by atoms with van der Waals surface area (Å²) in [5, 5.41) is 4.51. The highest BCUT2D eigenvalue weighted by Gasteiger charge is 2.34. The van der Waals surface area contributed by atoms with E-state index in [2.05, 4.69) is 10.1 Å². The maximum atomic E-state index is 12.9. The number of piperidine rings is 1. The second-order valence-electron chi connectivity index (χ2n) is 7.47. The van der Waals surface area contributed by atoms with Crippen molar-refractivity contribution in [1.29, 1.82) is 0 Å². The minimum Gasteiger partial charge on any atom is -0.339 e. The fourth-order valence-electron chi connectivity index (χ4n) is 3.96. The molecule has 0 atom stereocenters. The summed E-state index contributed by atoms with van der Waals surface area (Å²) < 4.78 is 4.38. The highest BCUT2D eigenvalue weighted by molar-refractivity contribution is 7.16. The van der Waals surface area contributed by atoms with E-state index < -0.39 is 0 Å². The Morgan fingerprint density at radius 3 is 2.70 bits per heavy atom. The number of benzene rings is 1. The molecule has 3 aromatic rings. The zero-order valence-corrected chi connectivity index (χ0v) is 16.0. The van der Waals surface area contributed by atoms with Gasteiger partial charge in [-0.25, -0.2) is 14.5 Å². The first kappa shape index (κ1) is 16.7. The number of carbonyl (C=O) groups excluding carboxylic acids is 1. The Labute approximate surface area is 160 Å². The molecule has 1 saturated carbocycles. The summed E-state index contributed by atoms with van der Waals surface area (Å²) in [4.78, 5) is 31.4. The first-order valence-electron chi connectivity index (χ1n) is 9.40. The average Bonchev–Trinajstić information content (AvgIpc) is 3.33. The molecule has 2 fully saturated rings. The Morgan fingerprint density at radius 1 is 1.19 bits per heavy atom. The van der Waals surface area contributed by atoms with Gasteiger partial charge in [0, 0.05) is 37.7 Å². The standard InChI is InChI=1S/C19H21N5O2S/c1-22-19(26)24(14-3-4-14)17(21-22)12-6-8-23(9-7-12)18(25)13-2-5-15-16(10-13)27-11-20-15/h2,5,10-12,14H,3-4,6-9H2,1H3. The lowest BCUT2D eigenvalue weighted by Gasteiger charge is -2.31. The van der Waals surface area contributed by atoms with E-state index in [4.69, 9.17) is 0 Å². The lowest BCUT2D eigenvalue weighted by Crippen LogP contribution is -2.38. The molecule has 1 amide bonds. The molecule has 1 aliphatic carbocycles. The molecular weight excluding hydrogens is 362 g/mol. The van der Waals surface area contributed by atoms with Crippen LogP contribution in [0.5, 0.6) is 0 Å². The van der Waals surface area contributed by atoms with Gasteiger partial charge in [0.1, 0.15) is 5.82 Å². The molecule has 27 heavy (non-hydrogen) atoms. The van der Waals surface area contributed by atoms with Crippen LogP contribution >= 0.6 is 11.3 Å². The van der Waals surface area contributed by atoms with Crippen LogP contribution in [0.25, 0.3) is 10.2 Å². The van der Waals surface area contributed by atoms with Crippen LogP contribution in [0.3, 0.4) is 0 Å². The molecule has 0 radical (unpaired) electrons. The van der Waals surface area contributed by atoms with Crippen molar-refractivity contribution in [2.24, 2.45) is 7.05 Å². The number of likely N-dealkylation sites (tertiary alicyclic amines) is 1. The molecule has 0 bridgehead atoms. The predicted molar refractivity (Wildman–Crippen MR) is 103 cm³/mol. The second kappa shape index (κ2) is 6.30. The van der Waals surface area contributed by atoms with E-state index in [1.807, 2.05) is 27.7 Å². The van der Waals surface area contributed by atoms with Gasteiger partial charge in [-0.3, -0.25) is 9.36 Å². The third-order valence-corrected chi connectivity index (χ3v) is 6.41. The zero-order chi connectivity index (χ0) is 18.5. The number of aromatic nitrogens is 4. The van der Waals surface area contributed by atoms with Crippen LogP contribution < -0.4 is 5.69 Å². The van der Waals surface area contributed by atoms with E-state index >= 15 is 0 Å². The summed E-state index contributed by atoms with van der Waals surface area (Å²) in [6.07, 6.45) is 3.82. The van der Waals surface area contributed by atoms with Gasteiger partial charge in [-0.1, -0.05) is 0 Å². The number of nitrogens with zero attached hydrogens (tertiary/aromatic N) is 5. The Kier molecular flexibility index (Phi) is 3.89. The molecule has 0 spiro atoms. The van der Waals surface area contributed by atoms with Gasteiger partial charge in [-0.15, -0.1) is 11.3 Å². The minimum absolute atomic E-state index is 0.0103. The van der Waals surface area contributed by atoms with Crippen LogP contribution in [0.2, 0.25) is 0 Å². The summed E-state index contributed by atoms with van der Waals surface area (Å²) in [5.74, 6) is 1.22. The van der Waals surface area contributed by atoms with Crippen LogP contribution in [-0.4, -0.2) is 43.2 Å². The summed E-state index contributed by atoms with van der Waals surface area (Å²) >= 11 is 1.55. The lowest BCUT2D eigenvalue weighted by atomic mass is 9.95. The quantitative estimate of drug-likeness (QED) is 0.697. The Hall–Kier alpha value is -2.48. The minimum atomic E-state index is -0.0103. The highest BCUT2D eigenvalue weighted by atomic mass is 32.1. The van der Waals surface area contributed by atoms with Crippen LogP contribution in [0.1, 0.15) is 53.8 Å². The molecule has 0 unspecified atom stereocenters. The van der Waals surface area contributed by atoms with Gasteiger partial charge in [0.2, 0.25) is 0 Å². The average molecular weight is 383 g/mol. The molecule has 2 aromatic heterocycles. The van der Waals surface area contributed by atoms with Crippen molar-refractivity contribution in [2.45, 2.75) is 37.6 Å². The number of aryl methyl sites for hydroxylation is 1. The van der Waals surface area contributed by atoms with E-state index in [0.29, 0.717) is 19.1 Å². The van der Waals surface area contributed by atoms with Gasteiger partial charge in [-0.2, -0.15) is 5.10 Å². The molecule has 7 nitrogen and oxygen atoms in total. The summed E-state index contributed by atoms with van der Waals surface area (Å²) in [7, 11) is 1.72. The number of hydrogen-bond acceptors (Lipinski definition) is 5. The molecule has 5 rings (SSSR count). The fraction of sp³-hybridized carbons (Fsp3) is 0.474. The second-order valence-corrected chi connectivity index (χ2v) is 8.35. The fourth-order valence-corrected chi connectivity index (χ4v) is 4.68. The van der Waals surface area contributed by atoms with Crippen molar-refractivity contribution >= 4 is 27.5 Å². The van der Waals surface area contributed by atoms with E-state index in [9.17, 15) is 9.59 Å². The van der Waals surface area contributed by atoms with Crippen LogP contribution in [0.4, 0.5) is 0 Å². The number of fused-ring (bicyclic) bond motifs is 1. The maximum absolute atomic E-state index is 12.9. The first-order valence-corrected chi connectivity index (χ1v) is 10.3. The maximum Gasteiger partial charge on any atom is 0.345 e. The van der Waals surface area contributed by atoms with Gasteiger partial charge < -0.3 is 4.90 Å². The van der Waals surface area contributed by atoms with Crippen LogP contribution in [0, 0.1) is 0 Å². The van der Waals surface area contributed by atoms with Crippen molar-refractivity contribution in [3.05, 3.63) is 45.6 Å². The lowest BCUT2D eigenvalue weighted by molar-refractivity contribution is 0.0710. The summed E-state index contributed by atoms with van der Waals surface area (Å²) in [6.45, 7) is 1.39. The van der Waals surface area contributed by atoms with Crippen molar-refractivity contribution in [1.82, 2.24) is 24.2 Å². The number of amides is 1. The molecule has 1 aliphatic heterocycles. The van der Waals surface area contributed by atoms with E-state index in [0.717, 1.165) is 47.3 Å². The van der Waals surface area contributed by atoms with Gasteiger partial charge in [-0.05, 0) is 43.9 Å².